The molecule has 0 saturated carbocycles. The summed E-state index contributed by atoms with van der Waals surface area (Å²) in [4.78, 5) is 10.7. The molecule has 0 aromatic heterocycles. The van der Waals surface area contributed by atoms with Gasteiger partial charge in [0.2, 0.25) is 0 Å². The van der Waals surface area contributed by atoms with Crippen molar-refractivity contribution in [2.45, 2.75) is 0 Å². The van der Waals surface area contributed by atoms with E-state index >= 15 is 0 Å². The molecule has 1 aromatic carbocycles. The van der Waals surface area contributed by atoms with E-state index in [1.54, 1.807) is 12.1 Å². The molecule has 1 rings (SSSR count). The Balaban J connectivity index is 3.10. The van der Waals surface area contributed by atoms with Crippen LogP contribution in [0.4, 0.5) is 0 Å². The van der Waals surface area contributed by atoms with Crippen LogP contribution in [0.1, 0.15) is 10.4 Å². The lowest BCUT2D eigenvalue weighted by atomic mass is 10.2. The van der Waals surface area contributed by atoms with Crippen LogP contribution in [0.5, 0.6) is 11.5 Å². The largest absolute Gasteiger partial charge is 0.495 e. The molecule has 1 aromatic rings. The molecule has 0 radical (unpaired) electrons. The van der Waals surface area contributed by atoms with Crippen molar-refractivity contribution < 1.29 is 19.4 Å². The number of benzene rings is 1. The quantitative estimate of drug-likeness (QED) is 0.830. The Hall–Kier alpha value is -1.07. The van der Waals surface area contributed by atoms with Gasteiger partial charge in [-0.15, -0.1) is 0 Å². The van der Waals surface area contributed by atoms with Crippen molar-refractivity contribution in [1.82, 2.24) is 0 Å². The van der Waals surface area contributed by atoms with Crippen LogP contribution in [0.2, 0.25) is 0 Å². The number of aldehydes is 1. The van der Waals surface area contributed by atoms with Crippen molar-refractivity contribution in [2.75, 3.05) is 20.3 Å². The maximum absolute atomic E-state index is 10.7. The minimum absolute atomic E-state index is 0.109. The second kappa shape index (κ2) is 5.72. The van der Waals surface area contributed by atoms with E-state index in [0.717, 1.165) is 0 Å². The first-order valence-corrected chi connectivity index (χ1v) is 5.09. The lowest BCUT2D eigenvalue weighted by molar-refractivity contribution is 0.111. The van der Waals surface area contributed by atoms with Gasteiger partial charge in [-0.25, -0.2) is 0 Å². The molecule has 0 atom stereocenters. The number of hydrogen-bond donors (Lipinski definition) is 1. The third kappa shape index (κ3) is 2.70. The molecule has 0 unspecified atom stereocenters. The lowest BCUT2D eigenvalue weighted by Crippen LogP contribution is -2.04. The maximum atomic E-state index is 10.7. The number of carbonyl (C=O) groups is 1. The minimum atomic E-state index is -0.109. The van der Waals surface area contributed by atoms with Crippen LogP contribution in [0.15, 0.2) is 16.6 Å². The number of carbonyl (C=O) groups excluding carboxylic acids is 1. The Morgan fingerprint density at radius 2 is 2.27 bits per heavy atom. The van der Waals surface area contributed by atoms with Gasteiger partial charge < -0.3 is 14.6 Å². The molecule has 0 saturated heterocycles. The van der Waals surface area contributed by atoms with E-state index < -0.39 is 0 Å². The molecule has 5 heteroatoms. The van der Waals surface area contributed by atoms with Crippen molar-refractivity contribution in [3.8, 4) is 11.5 Å². The van der Waals surface area contributed by atoms with Crippen LogP contribution >= 0.6 is 15.9 Å². The first kappa shape index (κ1) is 12.0. The average molecular weight is 275 g/mol. The topological polar surface area (TPSA) is 55.8 Å². The Kier molecular flexibility index (Phi) is 4.58. The Morgan fingerprint density at radius 1 is 1.53 bits per heavy atom. The van der Waals surface area contributed by atoms with Crippen LogP contribution in [0.25, 0.3) is 0 Å². The molecule has 0 aliphatic heterocycles. The number of methoxy groups -OCH3 is 1. The molecule has 1 N–H and O–H groups in total. The van der Waals surface area contributed by atoms with Gasteiger partial charge in [0.15, 0.2) is 6.29 Å². The smallest absolute Gasteiger partial charge is 0.153 e. The zero-order valence-corrected chi connectivity index (χ0v) is 9.78. The summed E-state index contributed by atoms with van der Waals surface area (Å²) in [5.41, 5.74) is 0.413. The van der Waals surface area contributed by atoms with Crippen LogP contribution in [-0.2, 0) is 0 Å². The highest BCUT2D eigenvalue weighted by atomic mass is 79.9. The highest BCUT2D eigenvalue weighted by Gasteiger charge is 2.12. The Labute approximate surface area is 95.9 Å². The highest BCUT2D eigenvalue weighted by molar-refractivity contribution is 9.10. The standard InChI is InChI=1S/C10H11BrO4/c1-14-8-3-2-7(6-13)10(9(8)11)15-5-4-12/h2-3,6,12H,4-5H2,1H3. The predicted octanol–water partition coefficient (Wildman–Crippen LogP) is 1.64. The van der Waals surface area contributed by atoms with Crippen molar-refractivity contribution in [2.24, 2.45) is 0 Å². The van der Waals surface area contributed by atoms with E-state index in [9.17, 15) is 4.79 Å². The number of ether oxygens (including phenoxy) is 2. The van der Waals surface area contributed by atoms with E-state index in [1.165, 1.54) is 7.11 Å². The van der Waals surface area contributed by atoms with Gasteiger partial charge in [-0.2, -0.15) is 0 Å². The molecule has 0 aliphatic carbocycles. The summed E-state index contributed by atoms with van der Waals surface area (Å²) < 4.78 is 10.9. The number of aliphatic hydroxyl groups excluding tert-OH is 1. The molecule has 0 fully saturated rings. The highest BCUT2D eigenvalue weighted by Crippen LogP contribution is 2.36. The van der Waals surface area contributed by atoms with Gasteiger partial charge in [0.25, 0.3) is 0 Å². The van der Waals surface area contributed by atoms with Gasteiger partial charge in [0, 0.05) is 0 Å². The normalized spacial score (nSPS) is 9.80. The van der Waals surface area contributed by atoms with E-state index in [1.807, 2.05) is 0 Å². The number of aliphatic hydroxyl groups is 1. The number of rotatable bonds is 5. The van der Waals surface area contributed by atoms with Crippen molar-refractivity contribution in [3.63, 3.8) is 0 Å². The summed E-state index contributed by atoms with van der Waals surface area (Å²) in [6, 6.07) is 3.27. The molecule has 0 spiro atoms. The second-order valence-electron chi connectivity index (χ2n) is 2.69. The predicted molar refractivity (Wildman–Crippen MR) is 58.7 cm³/mol. The van der Waals surface area contributed by atoms with E-state index in [2.05, 4.69) is 15.9 Å². The SMILES string of the molecule is COc1ccc(C=O)c(OCCO)c1Br. The Morgan fingerprint density at radius 3 is 2.80 bits per heavy atom. The summed E-state index contributed by atoms with van der Waals surface area (Å²) >= 11 is 3.27. The Bertz CT molecular complexity index is 352. The first-order chi connectivity index (χ1) is 7.24. The van der Waals surface area contributed by atoms with Crippen LogP contribution in [0.3, 0.4) is 0 Å². The first-order valence-electron chi connectivity index (χ1n) is 4.30. The van der Waals surface area contributed by atoms with Gasteiger partial charge in [-0.1, -0.05) is 0 Å². The molecule has 15 heavy (non-hydrogen) atoms. The zero-order chi connectivity index (χ0) is 11.3. The fourth-order valence-corrected chi connectivity index (χ4v) is 1.74. The van der Waals surface area contributed by atoms with Crippen LogP contribution in [0, 0.1) is 0 Å². The fourth-order valence-electron chi connectivity index (χ4n) is 1.10. The van der Waals surface area contributed by atoms with Crippen molar-refractivity contribution in [3.05, 3.63) is 22.2 Å². The number of halogens is 1. The molecular formula is C10H11BrO4. The van der Waals surface area contributed by atoms with Crippen molar-refractivity contribution in [1.29, 1.82) is 0 Å². The van der Waals surface area contributed by atoms with Crippen LogP contribution < -0.4 is 9.47 Å². The summed E-state index contributed by atoms with van der Waals surface area (Å²) in [7, 11) is 1.52. The van der Waals surface area contributed by atoms with Gasteiger partial charge in [0.05, 0.1) is 19.3 Å². The molecule has 0 aliphatic rings. The summed E-state index contributed by atoms with van der Waals surface area (Å²) in [6.45, 7) is 0.0224. The molecule has 0 heterocycles. The van der Waals surface area contributed by atoms with E-state index in [-0.39, 0.29) is 13.2 Å². The molecule has 0 bridgehead atoms. The summed E-state index contributed by atoms with van der Waals surface area (Å²) in [5.74, 6) is 0.965. The number of hydrogen-bond acceptors (Lipinski definition) is 4. The lowest BCUT2D eigenvalue weighted by Gasteiger charge is -2.11. The van der Waals surface area contributed by atoms with Gasteiger partial charge in [-0.3, -0.25) is 4.79 Å². The van der Waals surface area contributed by atoms with Gasteiger partial charge >= 0.3 is 0 Å². The van der Waals surface area contributed by atoms with Gasteiger partial charge in [-0.05, 0) is 28.1 Å². The van der Waals surface area contributed by atoms with E-state index in [4.69, 9.17) is 14.6 Å². The molecule has 0 amide bonds. The average Bonchev–Trinajstić information content (AvgIpc) is 2.27. The zero-order valence-electron chi connectivity index (χ0n) is 8.20. The van der Waals surface area contributed by atoms with Gasteiger partial charge in [0.1, 0.15) is 22.6 Å². The van der Waals surface area contributed by atoms with Crippen LogP contribution in [-0.4, -0.2) is 31.7 Å². The molecule has 4 nitrogen and oxygen atoms in total. The second-order valence-corrected chi connectivity index (χ2v) is 3.48. The third-order valence-corrected chi connectivity index (χ3v) is 2.53. The minimum Gasteiger partial charge on any atom is -0.495 e. The third-order valence-electron chi connectivity index (χ3n) is 1.78. The molecule has 82 valence electrons. The monoisotopic (exact) mass is 274 g/mol. The summed E-state index contributed by atoms with van der Waals surface area (Å²) in [5, 5.41) is 8.65. The van der Waals surface area contributed by atoms with Crippen molar-refractivity contribution >= 4 is 22.2 Å². The maximum Gasteiger partial charge on any atom is 0.153 e. The van der Waals surface area contributed by atoms with E-state index in [0.29, 0.717) is 27.8 Å². The summed E-state index contributed by atoms with van der Waals surface area (Å²) in [6.07, 6.45) is 0.691. The fraction of sp³-hybridized carbons (Fsp3) is 0.300. The molecular weight excluding hydrogens is 264 g/mol.